The van der Waals surface area contributed by atoms with Crippen LogP contribution in [-0.2, 0) is 0 Å². The van der Waals surface area contributed by atoms with E-state index in [1.54, 1.807) is 0 Å². The smallest absolute Gasteiger partial charge is 0.261 e. The van der Waals surface area contributed by atoms with Gasteiger partial charge in [-0.25, -0.2) is 0 Å². The summed E-state index contributed by atoms with van der Waals surface area (Å²) in [7, 11) is 0. The third kappa shape index (κ3) is 1.70. The number of rotatable bonds is 3. The summed E-state index contributed by atoms with van der Waals surface area (Å²) < 4.78 is 0. The number of nitrogen functional groups attached to an aromatic ring is 1. The fourth-order valence-corrected chi connectivity index (χ4v) is 2.58. The molecule has 1 aliphatic rings. The lowest BCUT2D eigenvalue weighted by Crippen LogP contribution is -2.26. The van der Waals surface area contributed by atoms with E-state index in [1.807, 2.05) is 6.07 Å². The molecule has 1 aromatic rings. The van der Waals surface area contributed by atoms with Gasteiger partial charge in [-0.1, -0.05) is 0 Å². The number of primary amides is 1. The third-order valence-electron chi connectivity index (χ3n) is 2.72. The van der Waals surface area contributed by atoms with Gasteiger partial charge in [0.05, 0.1) is 5.69 Å². The molecule has 1 amide bonds. The number of nitrogens with zero attached hydrogens (tertiary/aromatic N) is 1. The predicted octanol–water partition coefficient (Wildman–Crippen LogP) is 1.27. The number of nitrogens with one attached hydrogen (secondary N) is 1. The average molecular weight is 236 g/mol. The standard InChI is InChI=1S/C10H12N4OS/c11-4-6-7(12)8(9(13)15)16-10(6)14-5-2-1-3-5/h5,14H,1-3,12H2,(H2,13,15). The first-order chi connectivity index (χ1) is 7.63. The van der Waals surface area contributed by atoms with E-state index in [-0.39, 0.29) is 10.6 Å². The van der Waals surface area contributed by atoms with Gasteiger partial charge < -0.3 is 16.8 Å². The Morgan fingerprint density at radius 3 is 2.69 bits per heavy atom. The van der Waals surface area contributed by atoms with Gasteiger partial charge in [0.25, 0.3) is 5.91 Å². The molecule has 1 heterocycles. The van der Waals surface area contributed by atoms with E-state index >= 15 is 0 Å². The van der Waals surface area contributed by atoms with Crippen LogP contribution in [0.1, 0.15) is 34.5 Å². The molecule has 6 heteroatoms. The topological polar surface area (TPSA) is 105 Å². The number of hydrogen-bond donors (Lipinski definition) is 3. The molecule has 0 atom stereocenters. The van der Waals surface area contributed by atoms with Crippen molar-refractivity contribution in [3.63, 3.8) is 0 Å². The summed E-state index contributed by atoms with van der Waals surface area (Å²) in [5.74, 6) is -0.583. The molecule has 1 saturated carbocycles. The molecule has 0 saturated heterocycles. The number of hydrogen-bond acceptors (Lipinski definition) is 5. The molecule has 0 radical (unpaired) electrons. The lowest BCUT2D eigenvalue weighted by atomic mass is 9.93. The maximum atomic E-state index is 11.1. The first-order valence-corrected chi connectivity index (χ1v) is 5.83. The fraction of sp³-hybridized carbons (Fsp3) is 0.400. The summed E-state index contributed by atoms with van der Waals surface area (Å²) >= 11 is 1.16. The number of thiophene rings is 1. The minimum absolute atomic E-state index is 0.196. The molecule has 1 aliphatic carbocycles. The second-order valence-electron chi connectivity index (χ2n) is 3.80. The molecule has 16 heavy (non-hydrogen) atoms. The van der Waals surface area contributed by atoms with Crippen molar-refractivity contribution in [1.82, 2.24) is 0 Å². The summed E-state index contributed by atoms with van der Waals surface area (Å²) in [5, 5.41) is 12.9. The number of carbonyl (C=O) groups is 1. The van der Waals surface area contributed by atoms with E-state index in [9.17, 15) is 4.79 Å². The maximum Gasteiger partial charge on any atom is 0.261 e. The van der Waals surface area contributed by atoms with E-state index in [2.05, 4.69) is 5.32 Å². The van der Waals surface area contributed by atoms with Gasteiger partial charge in [0.15, 0.2) is 0 Å². The van der Waals surface area contributed by atoms with Gasteiger partial charge in [0, 0.05) is 6.04 Å². The molecule has 5 N–H and O–H groups in total. The average Bonchev–Trinajstić information content (AvgIpc) is 2.48. The van der Waals surface area contributed by atoms with E-state index in [0.717, 1.165) is 24.2 Å². The van der Waals surface area contributed by atoms with Gasteiger partial charge in [-0.05, 0) is 19.3 Å². The Balaban J connectivity index is 2.32. The Kier molecular flexibility index (Phi) is 2.71. The molecule has 2 rings (SSSR count). The highest BCUT2D eigenvalue weighted by Gasteiger charge is 2.23. The first kappa shape index (κ1) is 10.8. The molecule has 0 spiro atoms. The lowest BCUT2D eigenvalue weighted by Gasteiger charge is -2.26. The first-order valence-electron chi connectivity index (χ1n) is 5.02. The van der Waals surface area contributed by atoms with Crippen molar-refractivity contribution in [3.05, 3.63) is 10.4 Å². The molecule has 0 aromatic carbocycles. The van der Waals surface area contributed by atoms with E-state index in [1.165, 1.54) is 6.42 Å². The van der Waals surface area contributed by atoms with Crippen LogP contribution in [0.2, 0.25) is 0 Å². The second-order valence-corrected chi connectivity index (χ2v) is 4.82. The number of anilines is 2. The summed E-state index contributed by atoms with van der Waals surface area (Å²) in [6.07, 6.45) is 3.38. The highest BCUT2D eigenvalue weighted by molar-refractivity contribution is 7.18. The number of nitriles is 1. The zero-order valence-electron chi connectivity index (χ0n) is 8.62. The molecule has 1 fully saturated rings. The van der Waals surface area contributed by atoms with Crippen LogP contribution in [0.4, 0.5) is 10.7 Å². The highest BCUT2D eigenvalue weighted by Crippen LogP contribution is 2.37. The highest BCUT2D eigenvalue weighted by atomic mass is 32.1. The van der Waals surface area contributed by atoms with Gasteiger partial charge in [-0.2, -0.15) is 5.26 Å². The molecular weight excluding hydrogens is 224 g/mol. The van der Waals surface area contributed by atoms with Gasteiger partial charge in [-0.3, -0.25) is 4.79 Å². The van der Waals surface area contributed by atoms with Gasteiger partial charge in [0.1, 0.15) is 21.5 Å². The predicted molar refractivity (Wildman–Crippen MR) is 63.2 cm³/mol. The van der Waals surface area contributed by atoms with Crippen LogP contribution in [0.3, 0.4) is 0 Å². The van der Waals surface area contributed by atoms with Crippen molar-refractivity contribution < 1.29 is 4.79 Å². The van der Waals surface area contributed by atoms with Crippen LogP contribution >= 0.6 is 11.3 Å². The largest absolute Gasteiger partial charge is 0.396 e. The second kappa shape index (κ2) is 4.02. The van der Waals surface area contributed by atoms with E-state index < -0.39 is 5.91 Å². The minimum Gasteiger partial charge on any atom is -0.396 e. The molecule has 5 nitrogen and oxygen atoms in total. The fourth-order valence-electron chi connectivity index (χ4n) is 1.58. The summed E-state index contributed by atoms with van der Waals surface area (Å²) in [4.78, 5) is 11.4. The van der Waals surface area contributed by atoms with Crippen molar-refractivity contribution in [1.29, 1.82) is 5.26 Å². The number of amides is 1. The Bertz CT molecular complexity index is 470. The summed E-state index contributed by atoms with van der Waals surface area (Å²) in [6.45, 7) is 0. The summed E-state index contributed by atoms with van der Waals surface area (Å²) in [5.41, 5.74) is 11.4. The van der Waals surface area contributed by atoms with Crippen LogP contribution in [0.25, 0.3) is 0 Å². The molecule has 1 aromatic heterocycles. The molecule has 0 bridgehead atoms. The Morgan fingerprint density at radius 2 is 2.25 bits per heavy atom. The van der Waals surface area contributed by atoms with E-state index in [4.69, 9.17) is 16.7 Å². The zero-order valence-corrected chi connectivity index (χ0v) is 9.43. The van der Waals surface area contributed by atoms with Crippen LogP contribution in [0.5, 0.6) is 0 Å². The van der Waals surface area contributed by atoms with Crippen LogP contribution in [0.15, 0.2) is 0 Å². The monoisotopic (exact) mass is 236 g/mol. The zero-order chi connectivity index (χ0) is 11.7. The van der Waals surface area contributed by atoms with Gasteiger partial charge in [0.2, 0.25) is 0 Å². The van der Waals surface area contributed by atoms with Gasteiger partial charge in [-0.15, -0.1) is 11.3 Å². The lowest BCUT2D eigenvalue weighted by molar-refractivity contribution is 0.100. The number of nitrogens with two attached hydrogens (primary N) is 2. The van der Waals surface area contributed by atoms with Gasteiger partial charge >= 0.3 is 0 Å². The minimum atomic E-state index is -0.583. The van der Waals surface area contributed by atoms with E-state index in [0.29, 0.717) is 16.6 Å². The van der Waals surface area contributed by atoms with Crippen LogP contribution in [-0.4, -0.2) is 11.9 Å². The van der Waals surface area contributed by atoms with Crippen molar-refractivity contribution in [2.24, 2.45) is 5.73 Å². The molecular formula is C10H12N4OS. The van der Waals surface area contributed by atoms with Crippen molar-refractivity contribution >= 4 is 27.9 Å². The maximum absolute atomic E-state index is 11.1. The quantitative estimate of drug-likeness (QED) is 0.734. The Morgan fingerprint density at radius 1 is 1.56 bits per heavy atom. The Hall–Kier alpha value is -1.74. The van der Waals surface area contributed by atoms with Crippen molar-refractivity contribution in [3.8, 4) is 6.07 Å². The normalized spacial score (nSPS) is 15.2. The molecule has 0 aliphatic heterocycles. The molecule has 84 valence electrons. The SMILES string of the molecule is N#Cc1c(NC2CCC2)sc(C(N)=O)c1N. The third-order valence-corrected chi connectivity index (χ3v) is 3.87. The van der Waals surface area contributed by atoms with Crippen molar-refractivity contribution in [2.75, 3.05) is 11.1 Å². The summed E-state index contributed by atoms with van der Waals surface area (Å²) in [6, 6.07) is 2.40. The Labute approximate surface area is 97.0 Å². The van der Waals surface area contributed by atoms with Crippen LogP contribution in [0, 0.1) is 11.3 Å². The number of carbonyl (C=O) groups excluding carboxylic acids is 1. The van der Waals surface area contributed by atoms with Crippen LogP contribution < -0.4 is 16.8 Å². The van der Waals surface area contributed by atoms with Crippen molar-refractivity contribution in [2.45, 2.75) is 25.3 Å². The molecule has 0 unspecified atom stereocenters.